The van der Waals surface area contributed by atoms with Crippen LogP contribution in [0.3, 0.4) is 0 Å². The van der Waals surface area contributed by atoms with Crippen molar-refractivity contribution in [2.75, 3.05) is 4.72 Å². The number of nitrogens with one attached hydrogen (secondary N) is 1. The third kappa shape index (κ3) is 3.39. The van der Waals surface area contributed by atoms with Crippen molar-refractivity contribution in [2.24, 2.45) is 5.92 Å². The van der Waals surface area contributed by atoms with E-state index in [-0.39, 0.29) is 16.6 Å². The first-order valence-corrected chi connectivity index (χ1v) is 9.16. The number of carbonyl (C=O) groups is 1. The van der Waals surface area contributed by atoms with E-state index in [4.69, 9.17) is 0 Å². The van der Waals surface area contributed by atoms with Crippen molar-refractivity contribution in [1.82, 2.24) is 0 Å². The molecule has 0 spiro atoms. The number of Topliss-reactive ketones (excluding diaryl/α,β-unsaturated/α-hetero) is 1. The lowest BCUT2D eigenvalue weighted by Gasteiger charge is -2.08. The van der Waals surface area contributed by atoms with E-state index >= 15 is 0 Å². The van der Waals surface area contributed by atoms with Crippen LogP contribution in [0.4, 0.5) is 5.69 Å². The summed E-state index contributed by atoms with van der Waals surface area (Å²) in [5.74, 6) is 0.230. The molecule has 1 aliphatic rings. The molecule has 22 heavy (non-hydrogen) atoms. The molecule has 3 rings (SSSR count). The van der Waals surface area contributed by atoms with Crippen LogP contribution in [0.2, 0.25) is 0 Å². The number of hydrogen-bond donors (Lipinski definition) is 1. The molecule has 0 aromatic heterocycles. The minimum Gasteiger partial charge on any atom is -0.294 e. The lowest BCUT2D eigenvalue weighted by atomic mass is 10.1. The molecule has 0 bridgehead atoms. The van der Waals surface area contributed by atoms with Crippen molar-refractivity contribution < 1.29 is 13.2 Å². The van der Waals surface area contributed by atoms with E-state index in [1.165, 1.54) is 12.1 Å². The Kier molecular flexibility index (Phi) is 4.06. The SMILES string of the molecule is O=C(c1ccc(S(=O)(=O)Nc2ccc(Br)cc2)cc1)C1CC1. The fraction of sp³-hybridized carbons (Fsp3) is 0.188. The number of anilines is 1. The highest BCUT2D eigenvalue weighted by atomic mass is 79.9. The molecule has 6 heteroatoms. The van der Waals surface area contributed by atoms with E-state index in [0.29, 0.717) is 11.3 Å². The van der Waals surface area contributed by atoms with Gasteiger partial charge in [-0.2, -0.15) is 0 Å². The molecule has 2 aromatic carbocycles. The molecule has 0 unspecified atom stereocenters. The van der Waals surface area contributed by atoms with Gasteiger partial charge in [-0.25, -0.2) is 8.42 Å². The van der Waals surface area contributed by atoms with E-state index in [2.05, 4.69) is 20.7 Å². The molecule has 0 atom stereocenters. The van der Waals surface area contributed by atoms with Gasteiger partial charge in [-0.15, -0.1) is 0 Å². The summed E-state index contributed by atoms with van der Waals surface area (Å²) in [6.45, 7) is 0. The number of carbonyl (C=O) groups excluding carboxylic acids is 1. The quantitative estimate of drug-likeness (QED) is 0.802. The first-order chi connectivity index (χ1) is 10.5. The molecule has 0 radical (unpaired) electrons. The summed E-state index contributed by atoms with van der Waals surface area (Å²) in [6.07, 6.45) is 1.87. The van der Waals surface area contributed by atoms with Crippen LogP contribution in [0.5, 0.6) is 0 Å². The van der Waals surface area contributed by atoms with Crippen LogP contribution in [0.25, 0.3) is 0 Å². The molecule has 2 aromatic rings. The minimum absolute atomic E-state index is 0.102. The smallest absolute Gasteiger partial charge is 0.261 e. The summed E-state index contributed by atoms with van der Waals surface area (Å²) in [5.41, 5.74) is 1.06. The van der Waals surface area contributed by atoms with Gasteiger partial charge in [0.05, 0.1) is 4.90 Å². The van der Waals surface area contributed by atoms with E-state index in [0.717, 1.165) is 17.3 Å². The Labute approximate surface area is 137 Å². The molecule has 0 heterocycles. The van der Waals surface area contributed by atoms with Crippen molar-refractivity contribution in [3.05, 3.63) is 58.6 Å². The van der Waals surface area contributed by atoms with Crippen LogP contribution in [0, 0.1) is 5.92 Å². The van der Waals surface area contributed by atoms with E-state index in [1.54, 1.807) is 36.4 Å². The molecule has 1 aliphatic carbocycles. The zero-order valence-corrected chi connectivity index (χ0v) is 14.0. The largest absolute Gasteiger partial charge is 0.294 e. The first-order valence-electron chi connectivity index (χ1n) is 6.88. The van der Waals surface area contributed by atoms with E-state index in [1.807, 2.05) is 0 Å². The fourth-order valence-electron chi connectivity index (χ4n) is 2.11. The molecule has 0 amide bonds. The maximum absolute atomic E-state index is 12.3. The topological polar surface area (TPSA) is 63.2 Å². The van der Waals surface area contributed by atoms with Crippen molar-refractivity contribution in [2.45, 2.75) is 17.7 Å². The molecule has 4 nitrogen and oxygen atoms in total. The van der Waals surface area contributed by atoms with Crippen molar-refractivity contribution >= 4 is 37.4 Å². The zero-order chi connectivity index (χ0) is 15.7. The monoisotopic (exact) mass is 379 g/mol. The van der Waals surface area contributed by atoms with Gasteiger partial charge in [0.25, 0.3) is 10.0 Å². The highest BCUT2D eigenvalue weighted by Crippen LogP contribution is 2.32. The molecule has 114 valence electrons. The standard InChI is InChI=1S/C16H14BrNO3S/c17-13-5-7-14(8-6-13)18-22(20,21)15-9-3-12(4-10-15)16(19)11-1-2-11/h3-11,18H,1-2H2. The second-order valence-corrected chi connectivity index (χ2v) is 7.87. The lowest BCUT2D eigenvalue weighted by molar-refractivity contribution is 0.0967. The Morgan fingerprint density at radius 3 is 2.14 bits per heavy atom. The number of benzene rings is 2. The van der Waals surface area contributed by atoms with Crippen LogP contribution in [-0.2, 0) is 10.0 Å². The predicted molar refractivity (Wildman–Crippen MR) is 88.4 cm³/mol. The van der Waals surface area contributed by atoms with Gasteiger partial charge in [-0.3, -0.25) is 9.52 Å². The van der Waals surface area contributed by atoms with E-state index < -0.39 is 10.0 Å². The lowest BCUT2D eigenvalue weighted by Crippen LogP contribution is -2.13. The zero-order valence-electron chi connectivity index (χ0n) is 11.6. The van der Waals surface area contributed by atoms with Crippen LogP contribution in [0.15, 0.2) is 57.9 Å². The summed E-state index contributed by atoms with van der Waals surface area (Å²) in [6, 6.07) is 13.0. The third-order valence-corrected chi connectivity index (χ3v) is 5.42. The summed E-state index contributed by atoms with van der Waals surface area (Å²) in [4.78, 5) is 12.1. The maximum Gasteiger partial charge on any atom is 0.261 e. The van der Waals surface area contributed by atoms with Crippen molar-refractivity contribution in [3.8, 4) is 0 Å². The van der Waals surface area contributed by atoms with E-state index in [9.17, 15) is 13.2 Å². The van der Waals surface area contributed by atoms with Crippen LogP contribution in [0.1, 0.15) is 23.2 Å². The number of rotatable bonds is 5. The first kappa shape index (κ1) is 15.2. The summed E-state index contributed by atoms with van der Waals surface area (Å²) in [7, 11) is -3.65. The normalized spacial score (nSPS) is 14.6. The highest BCUT2D eigenvalue weighted by molar-refractivity contribution is 9.10. The second-order valence-electron chi connectivity index (χ2n) is 5.28. The van der Waals surface area contributed by atoms with Gasteiger partial charge in [-0.05, 0) is 49.2 Å². The number of sulfonamides is 1. The van der Waals surface area contributed by atoms with Crippen molar-refractivity contribution in [3.63, 3.8) is 0 Å². The summed E-state index contributed by atoms with van der Waals surface area (Å²) in [5, 5.41) is 0. The van der Waals surface area contributed by atoms with Crippen molar-refractivity contribution in [1.29, 1.82) is 0 Å². The molecular formula is C16H14BrNO3S. The molecule has 0 aliphatic heterocycles. The Balaban J connectivity index is 1.79. The van der Waals surface area contributed by atoms with Gasteiger partial charge < -0.3 is 0 Å². The van der Waals surface area contributed by atoms with Crippen LogP contribution >= 0.6 is 15.9 Å². The Hall–Kier alpha value is -1.66. The summed E-state index contributed by atoms with van der Waals surface area (Å²) < 4.78 is 28.0. The number of hydrogen-bond acceptors (Lipinski definition) is 3. The Morgan fingerprint density at radius 2 is 1.59 bits per heavy atom. The fourth-order valence-corrected chi connectivity index (χ4v) is 3.43. The molecule has 1 saturated carbocycles. The highest BCUT2D eigenvalue weighted by Gasteiger charge is 2.30. The Bertz CT molecular complexity index is 794. The average molecular weight is 380 g/mol. The predicted octanol–water partition coefficient (Wildman–Crippen LogP) is 3.84. The van der Waals surface area contributed by atoms with Gasteiger partial charge in [0, 0.05) is 21.6 Å². The molecule has 1 fully saturated rings. The van der Waals surface area contributed by atoms with Gasteiger partial charge >= 0.3 is 0 Å². The second kappa shape index (κ2) is 5.85. The summed E-state index contributed by atoms with van der Waals surface area (Å²) >= 11 is 3.30. The maximum atomic E-state index is 12.3. The Morgan fingerprint density at radius 1 is 1.00 bits per heavy atom. The average Bonchev–Trinajstić information content (AvgIpc) is 3.34. The van der Waals surface area contributed by atoms with Gasteiger partial charge in [0.1, 0.15) is 0 Å². The van der Waals surface area contributed by atoms with Gasteiger partial charge in [-0.1, -0.05) is 28.1 Å². The third-order valence-electron chi connectivity index (χ3n) is 3.49. The number of ketones is 1. The van der Waals surface area contributed by atoms with Gasteiger partial charge in [0.15, 0.2) is 5.78 Å². The minimum atomic E-state index is -3.65. The van der Waals surface area contributed by atoms with Crippen LogP contribution < -0.4 is 4.72 Å². The molecule has 1 N–H and O–H groups in total. The molecule has 0 saturated heterocycles. The van der Waals surface area contributed by atoms with Crippen LogP contribution in [-0.4, -0.2) is 14.2 Å². The number of halogens is 1. The van der Waals surface area contributed by atoms with Gasteiger partial charge in [0.2, 0.25) is 0 Å². The molecular weight excluding hydrogens is 366 g/mol.